The van der Waals surface area contributed by atoms with Gasteiger partial charge in [-0.25, -0.2) is 9.97 Å². The number of nitrogens with two attached hydrogens (primary N) is 1. The first-order valence-electron chi connectivity index (χ1n) is 8.95. The summed E-state index contributed by atoms with van der Waals surface area (Å²) in [6, 6.07) is 6.21. The second-order valence-corrected chi connectivity index (χ2v) is 6.83. The van der Waals surface area contributed by atoms with Crippen LogP contribution < -0.4 is 10.5 Å². The predicted octanol–water partition coefficient (Wildman–Crippen LogP) is 4.20. The minimum Gasteiger partial charge on any atom is -0.497 e. The highest BCUT2D eigenvalue weighted by Gasteiger charge is 2.22. The smallest absolute Gasteiger partial charge is 0.145 e. The zero-order valence-electron chi connectivity index (χ0n) is 14.9. The monoisotopic (exact) mass is 325 g/mol. The van der Waals surface area contributed by atoms with Gasteiger partial charge in [-0.15, -0.1) is 0 Å². The first-order valence-corrected chi connectivity index (χ1v) is 8.95. The van der Waals surface area contributed by atoms with E-state index in [1.54, 1.807) is 7.11 Å². The molecule has 128 valence electrons. The molecule has 4 nitrogen and oxygen atoms in total. The van der Waals surface area contributed by atoms with E-state index in [0.29, 0.717) is 11.7 Å². The fraction of sp³-hybridized carbons (Fsp3) is 0.500. The molecule has 0 aliphatic heterocycles. The van der Waals surface area contributed by atoms with E-state index in [2.05, 4.69) is 31.0 Å². The lowest BCUT2D eigenvalue weighted by Crippen LogP contribution is -2.14. The van der Waals surface area contributed by atoms with Crippen LogP contribution in [-0.2, 0) is 19.3 Å². The molecular formula is C20H27N3O. The van der Waals surface area contributed by atoms with Crippen molar-refractivity contribution < 1.29 is 4.74 Å². The van der Waals surface area contributed by atoms with Crippen LogP contribution in [0.4, 0.5) is 5.82 Å². The van der Waals surface area contributed by atoms with Gasteiger partial charge in [0.25, 0.3) is 0 Å². The van der Waals surface area contributed by atoms with E-state index in [-0.39, 0.29) is 0 Å². The normalized spacial score (nSPS) is 14.0. The van der Waals surface area contributed by atoms with Crippen molar-refractivity contribution in [2.75, 3.05) is 12.8 Å². The van der Waals surface area contributed by atoms with Crippen LogP contribution in [0.2, 0.25) is 0 Å². The molecular weight excluding hydrogens is 298 g/mol. The number of unbranched alkanes of at least 4 members (excludes halogenated alkanes) is 1. The van der Waals surface area contributed by atoms with E-state index >= 15 is 0 Å². The first kappa shape index (κ1) is 16.7. The summed E-state index contributed by atoms with van der Waals surface area (Å²) in [5, 5.41) is 0. The quantitative estimate of drug-likeness (QED) is 0.864. The highest BCUT2D eigenvalue weighted by atomic mass is 16.5. The lowest BCUT2D eigenvalue weighted by molar-refractivity contribution is 0.414. The molecule has 2 N–H and O–H groups in total. The number of ether oxygens (including phenoxy) is 1. The summed E-state index contributed by atoms with van der Waals surface area (Å²) in [4.78, 5) is 9.60. The van der Waals surface area contributed by atoms with Crippen LogP contribution in [0.5, 0.6) is 5.75 Å². The number of anilines is 1. The molecule has 1 unspecified atom stereocenters. The van der Waals surface area contributed by atoms with Gasteiger partial charge in [-0.2, -0.15) is 0 Å². The molecule has 1 atom stereocenters. The molecule has 0 saturated heterocycles. The fourth-order valence-electron chi connectivity index (χ4n) is 3.43. The van der Waals surface area contributed by atoms with Crippen molar-refractivity contribution in [2.45, 2.75) is 52.4 Å². The summed E-state index contributed by atoms with van der Waals surface area (Å²) in [7, 11) is 1.70. The van der Waals surface area contributed by atoms with Crippen LogP contribution in [0.1, 0.15) is 50.1 Å². The number of nitrogens with zero attached hydrogens (tertiary/aromatic N) is 2. The van der Waals surface area contributed by atoms with Crippen molar-refractivity contribution in [1.29, 1.82) is 0 Å². The van der Waals surface area contributed by atoms with E-state index in [1.807, 2.05) is 6.07 Å². The van der Waals surface area contributed by atoms with E-state index in [4.69, 9.17) is 15.5 Å². The molecule has 0 spiro atoms. The third-order valence-electron chi connectivity index (χ3n) is 4.86. The number of fused-ring (bicyclic) bond motifs is 3. The van der Waals surface area contributed by atoms with Crippen molar-refractivity contribution in [3.63, 3.8) is 0 Å². The van der Waals surface area contributed by atoms with Crippen LogP contribution >= 0.6 is 0 Å². The van der Waals surface area contributed by atoms with Gasteiger partial charge in [-0.3, -0.25) is 0 Å². The predicted molar refractivity (Wildman–Crippen MR) is 98.2 cm³/mol. The van der Waals surface area contributed by atoms with Crippen LogP contribution in [0.25, 0.3) is 11.3 Å². The molecule has 4 heteroatoms. The van der Waals surface area contributed by atoms with Crippen molar-refractivity contribution in [3.8, 4) is 17.0 Å². The third kappa shape index (κ3) is 3.37. The van der Waals surface area contributed by atoms with Gasteiger partial charge in [0.1, 0.15) is 11.6 Å². The van der Waals surface area contributed by atoms with Crippen molar-refractivity contribution >= 4 is 5.82 Å². The van der Waals surface area contributed by atoms with Crippen LogP contribution in [0.15, 0.2) is 18.2 Å². The standard InChI is InChI=1S/C20H27N3O/c1-4-5-6-13(2)11-18-20(21)23-17-10-7-14-12-15(24-3)8-9-16(14)19(17)22-18/h8-9,12-13H,4-7,10-11H2,1-3H3,(H2,21,23). The van der Waals surface area contributed by atoms with E-state index in [1.165, 1.54) is 30.4 Å². The molecule has 2 aromatic rings. The number of benzene rings is 1. The Kier molecular flexibility index (Phi) is 5.03. The highest BCUT2D eigenvalue weighted by Crippen LogP contribution is 2.34. The molecule has 24 heavy (non-hydrogen) atoms. The Morgan fingerprint density at radius 3 is 2.83 bits per heavy atom. The molecule has 0 amide bonds. The molecule has 0 radical (unpaired) electrons. The SMILES string of the molecule is CCCCC(C)Cc1nc2c(nc1N)CCc1cc(OC)ccc1-2. The van der Waals surface area contributed by atoms with Crippen LogP contribution in [0.3, 0.4) is 0 Å². The molecule has 1 aromatic carbocycles. The maximum Gasteiger partial charge on any atom is 0.145 e. The summed E-state index contributed by atoms with van der Waals surface area (Å²) >= 11 is 0. The molecule has 0 fully saturated rings. The highest BCUT2D eigenvalue weighted by molar-refractivity contribution is 5.70. The van der Waals surface area contributed by atoms with Gasteiger partial charge in [0.15, 0.2) is 0 Å². The second-order valence-electron chi connectivity index (χ2n) is 6.83. The fourth-order valence-corrected chi connectivity index (χ4v) is 3.43. The third-order valence-corrected chi connectivity index (χ3v) is 4.86. The minimum absolute atomic E-state index is 0.582. The van der Waals surface area contributed by atoms with E-state index < -0.39 is 0 Å². The van der Waals surface area contributed by atoms with Crippen LogP contribution in [0, 0.1) is 5.92 Å². The van der Waals surface area contributed by atoms with E-state index in [9.17, 15) is 0 Å². The molecule has 3 rings (SSSR count). The lowest BCUT2D eigenvalue weighted by Gasteiger charge is -2.21. The maximum atomic E-state index is 6.19. The van der Waals surface area contributed by atoms with Crippen molar-refractivity contribution in [2.24, 2.45) is 5.92 Å². The minimum atomic E-state index is 0.582. The van der Waals surface area contributed by atoms with Gasteiger partial charge in [0, 0.05) is 5.56 Å². The summed E-state index contributed by atoms with van der Waals surface area (Å²) < 4.78 is 5.35. The number of methoxy groups -OCH3 is 1. The van der Waals surface area contributed by atoms with Crippen molar-refractivity contribution in [1.82, 2.24) is 9.97 Å². The molecule has 1 heterocycles. The largest absolute Gasteiger partial charge is 0.497 e. The summed E-state index contributed by atoms with van der Waals surface area (Å²) in [6.07, 6.45) is 6.44. The average Bonchev–Trinajstić information content (AvgIpc) is 2.60. The number of nitrogen functional groups attached to an aromatic ring is 1. The molecule has 1 aromatic heterocycles. The summed E-state index contributed by atoms with van der Waals surface area (Å²) in [5.41, 5.74) is 11.6. The van der Waals surface area contributed by atoms with Gasteiger partial charge in [-0.05, 0) is 48.9 Å². The first-order chi connectivity index (χ1) is 11.6. The van der Waals surface area contributed by atoms with Gasteiger partial charge in [0.05, 0.1) is 24.2 Å². The number of hydrogen-bond acceptors (Lipinski definition) is 4. The number of hydrogen-bond donors (Lipinski definition) is 1. The van der Waals surface area contributed by atoms with Crippen molar-refractivity contribution in [3.05, 3.63) is 35.2 Å². The maximum absolute atomic E-state index is 6.19. The molecule has 1 aliphatic carbocycles. The van der Waals surface area contributed by atoms with Gasteiger partial charge in [-0.1, -0.05) is 33.1 Å². The van der Waals surface area contributed by atoms with E-state index in [0.717, 1.165) is 42.1 Å². The second kappa shape index (κ2) is 7.20. The lowest BCUT2D eigenvalue weighted by atomic mass is 9.91. The Labute approximate surface area is 144 Å². The molecule has 1 aliphatic rings. The Morgan fingerprint density at radius 2 is 2.08 bits per heavy atom. The van der Waals surface area contributed by atoms with Gasteiger partial charge < -0.3 is 10.5 Å². The Hall–Kier alpha value is -2.10. The number of rotatable bonds is 6. The molecule has 0 bridgehead atoms. The van der Waals surface area contributed by atoms with Gasteiger partial charge >= 0.3 is 0 Å². The Bertz CT molecular complexity index is 727. The van der Waals surface area contributed by atoms with Gasteiger partial charge in [0.2, 0.25) is 0 Å². The Balaban J connectivity index is 1.93. The number of aromatic nitrogens is 2. The zero-order valence-corrected chi connectivity index (χ0v) is 14.9. The average molecular weight is 325 g/mol. The molecule has 0 saturated carbocycles. The van der Waals surface area contributed by atoms with Crippen LogP contribution in [-0.4, -0.2) is 17.1 Å². The summed E-state index contributed by atoms with van der Waals surface area (Å²) in [5.74, 6) is 2.08. The topological polar surface area (TPSA) is 61.0 Å². The number of aryl methyl sites for hydroxylation is 2. The summed E-state index contributed by atoms with van der Waals surface area (Å²) in [6.45, 7) is 4.50. The zero-order chi connectivity index (χ0) is 17.1. The Morgan fingerprint density at radius 1 is 1.25 bits per heavy atom.